The third-order valence-electron chi connectivity index (χ3n) is 5.65. The molecule has 1 aliphatic heterocycles. The molecule has 0 saturated heterocycles. The lowest BCUT2D eigenvalue weighted by Gasteiger charge is -2.25. The first-order chi connectivity index (χ1) is 16.9. The molecule has 1 aliphatic rings. The van der Waals surface area contributed by atoms with E-state index in [1.807, 2.05) is 42.7 Å². The summed E-state index contributed by atoms with van der Waals surface area (Å²) in [5, 5.41) is 0. The van der Waals surface area contributed by atoms with Crippen LogP contribution in [0.15, 0.2) is 68.4 Å². The van der Waals surface area contributed by atoms with Crippen molar-refractivity contribution in [1.82, 2.24) is 4.57 Å². The van der Waals surface area contributed by atoms with Crippen LogP contribution in [0, 0.1) is 0 Å². The van der Waals surface area contributed by atoms with Gasteiger partial charge in [0.1, 0.15) is 0 Å². The molecular weight excluding hydrogens is 484 g/mol. The van der Waals surface area contributed by atoms with E-state index >= 15 is 0 Å². The molecule has 0 fully saturated rings. The number of hydrogen-bond donors (Lipinski definition) is 0. The summed E-state index contributed by atoms with van der Waals surface area (Å²) in [6, 6.07) is 12.6. The summed E-state index contributed by atoms with van der Waals surface area (Å²) in [5.74, 6) is 0.546. The van der Waals surface area contributed by atoms with Gasteiger partial charge in [-0.05, 0) is 61.6 Å². The fourth-order valence-corrected chi connectivity index (χ4v) is 5.44. The van der Waals surface area contributed by atoms with Crippen molar-refractivity contribution in [2.75, 3.05) is 27.1 Å². The van der Waals surface area contributed by atoms with E-state index in [4.69, 9.17) is 14.2 Å². The highest BCUT2D eigenvalue weighted by molar-refractivity contribution is 7.98. The van der Waals surface area contributed by atoms with Gasteiger partial charge >= 0.3 is 5.97 Å². The van der Waals surface area contributed by atoms with Crippen LogP contribution in [0.1, 0.15) is 31.0 Å². The van der Waals surface area contributed by atoms with E-state index in [0.29, 0.717) is 37.7 Å². The van der Waals surface area contributed by atoms with E-state index in [-0.39, 0.29) is 12.2 Å². The fourth-order valence-electron chi connectivity index (χ4n) is 3.98. The van der Waals surface area contributed by atoms with Crippen LogP contribution < -0.4 is 24.4 Å². The van der Waals surface area contributed by atoms with Crippen LogP contribution in [0.5, 0.6) is 11.5 Å². The van der Waals surface area contributed by atoms with E-state index < -0.39 is 12.0 Å². The van der Waals surface area contributed by atoms with Crippen LogP contribution in [-0.4, -0.2) is 37.6 Å². The minimum Gasteiger partial charge on any atom is -0.493 e. The van der Waals surface area contributed by atoms with Crippen LogP contribution in [0.3, 0.4) is 0 Å². The Labute approximate surface area is 211 Å². The summed E-state index contributed by atoms with van der Waals surface area (Å²) in [6.07, 6.45) is 3.87. The average molecular weight is 511 g/mol. The van der Waals surface area contributed by atoms with Crippen molar-refractivity contribution in [3.05, 3.63) is 84.5 Å². The second-order valence-electron chi connectivity index (χ2n) is 7.69. The Kier molecular flexibility index (Phi) is 7.47. The zero-order chi connectivity index (χ0) is 25.1. The number of allylic oxidation sites excluding steroid dienone is 1. The Hall–Kier alpha value is -3.30. The minimum absolute atomic E-state index is 0.213. The van der Waals surface area contributed by atoms with Crippen molar-refractivity contribution in [3.63, 3.8) is 0 Å². The smallest absolute Gasteiger partial charge is 0.338 e. The van der Waals surface area contributed by atoms with Crippen molar-refractivity contribution < 1.29 is 19.0 Å². The van der Waals surface area contributed by atoms with Gasteiger partial charge in [0.25, 0.3) is 5.56 Å². The summed E-state index contributed by atoms with van der Waals surface area (Å²) in [5.41, 5.74) is 2.22. The summed E-state index contributed by atoms with van der Waals surface area (Å²) in [7, 11) is 3.10. The number of fused-ring (bicyclic) bond motifs is 1. The quantitative estimate of drug-likeness (QED) is 0.357. The molecule has 0 unspecified atom stereocenters. The molecule has 0 amide bonds. The molecule has 7 nitrogen and oxygen atoms in total. The van der Waals surface area contributed by atoms with E-state index in [1.165, 1.54) is 11.3 Å². The fraction of sp³-hybridized carbons (Fsp3) is 0.269. The molecule has 3 aromatic rings. The molecule has 0 saturated carbocycles. The highest BCUT2D eigenvalue weighted by Crippen LogP contribution is 2.36. The SMILES string of the molecule is CCOC(=O)C1=C(C)N=c2s/c(=C/c3ccc(SC)cc3)c(=O)n2[C@@H]1c1ccc(OC)c(OC)c1. The number of esters is 1. The van der Waals surface area contributed by atoms with Crippen molar-refractivity contribution in [2.45, 2.75) is 24.8 Å². The summed E-state index contributed by atoms with van der Waals surface area (Å²) in [6.45, 7) is 3.72. The van der Waals surface area contributed by atoms with Crippen LogP contribution in [0.4, 0.5) is 0 Å². The maximum absolute atomic E-state index is 13.7. The van der Waals surface area contributed by atoms with Gasteiger partial charge in [-0.15, -0.1) is 11.8 Å². The Morgan fingerprint density at radius 2 is 1.86 bits per heavy atom. The lowest BCUT2D eigenvalue weighted by atomic mass is 9.95. The van der Waals surface area contributed by atoms with Gasteiger partial charge < -0.3 is 14.2 Å². The van der Waals surface area contributed by atoms with Gasteiger partial charge in [0.05, 0.1) is 42.7 Å². The normalized spacial score (nSPS) is 15.5. The average Bonchev–Trinajstić information content (AvgIpc) is 3.17. The molecule has 0 bridgehead atoms. The van der Waals surface area contributed by atoms with E-state index in [0.717, 1.165) is 10.5 Å². The van der Waals surface area contributed by atoms with Crippen LogP contribution >= 0.6 is 23.1 Å². The maximum atomic E-state index is 13.7. The van der Waals surface area contributed by atoms with Gasteiger partial charge in [-0.2, -0.15) is 0 Å². The highest BCUT2D eigenvalue weighted by atomic mass is 32.2. The third kappa shape index (κ3) is 4.78. The molecule has 0 spiro atoms. The highest BCUT2D eigenvalue weighted by Gasteiger charge is 2.33. The zero-order valence-electron chi connectivity index (χ0n) is 20.2. The van der Waals surface area contributed by atoms with Gasteiger partial charge in [0, 0.05) is 4.90 Å². The molecular formula is C26H26N2O5S2. The predicted molar refractivity (Wildman–Crippen MR) is 138 cm³/mol. The lowest BCUT2D eigenvalue weighted by molar-refractivity contribution is -0.139. The molecule has 0 radical (unpaired) electrons. The monoisotopic (exact) mass is 510 g/mol. The number of benzene rings is 2. The zero-order valence-corrected chi connectivity index (χ0v) is 21.8. The number of hydrogen-bond acceptors (Lipinski definition) is 8. The molecule has 9 heteroatoms. The van der Waals surface area contributed by atoms with Crippen LogP contribution in [-0.2, 0) is 9.53 Å². The molecule has 2 heterocycles. The predicted octanol–water partition coefficient (Wildman–Crippen LogP) is 3.54. The number of aromatic nitrogens is 1. The summed E-state index contributed by atoms with van der Waals surface area (Å²) < 4.78 is 18.3. The first kappa shape index (κ1) is 24.8. The second-order valence-corrected chi connectivity index (χ2v) is 9.58. The molecule has 4 rings (SSSR count). The number of thioether (sulfide) groups is 1. The van der Waals surface area contributed by atoms with Gasteiger partial charge in [-0.25, -0.2) is 9.79 Å². The molecule has 182 valence electrons. The van der Waals surface area contributed by atoms with Crippen molar-refractivity contribution in [2.24, 2.45) is 4.99 Å². The first-order valence-electron chi connectivity index (χ1n) is 11.0. The van der Waals surface area contributed by atoms with Crippen LogP contribution in [0.2, 0.25) is 0 Å². The molecule has 0 aliphatic carbocycles. The standard InChI is InChI=1S/C26H26N2O5S2/c1-6-33-25(30)22-15(2)27-26-28(23(22)17-9-12-19(31-3)20(14-17)32-4)24(29)21(35-26)13-16-7-10-18(34-5)11-8-16/h7-14,23H,6H2,1-5H3/b21-13+/t23-/m1/s1. The van der Waals surface area contributed by atoms with Crippen molar-refractivity contribution in [1.29, 1.82) is 0 Å². The number of rotatable bonds is 7. The number of nitrogens with zero attached hydrogens (tertiary/aromatic N) is 2. The Balaban J connectivity index is 1.94. The van der Waals surface area contributed by atoms with Crippen molar-refractivity contribution >= 4 is 35.1 Å². The minimum atomic E-state index is -0.717. The van der Waals surface area contributed by atoms with Crippen molar-refractivity contribution in [3.8, 4) is 11.5 Å². The van der Waals surface area contributed by atoms with Gasteiger partial charge in [0.2, 0.25) is 0 Å². The lowest BCUT2D eigenvalue weighted by Crippen LogP contribution is -2.39. The largest absolute Gasteiger partial charge is 0.493 e. The first-order valence-corrected chi connectivity index (χ1v) is 13.0. The number of carbonyl (C=O) groups is 1. The number of thiazole rings is 1. The summed E-state index contributed by atoms with van der Waals surface area (Å²) >= 11 is 2.95. The Bertz CT molecular complexity index is 1470. The van der Waals surface area contributed by atoms with E-state index in [9.17, 15) is 9.59 Å². The molecule has 0 N–H and O–H groups in total. The Morgan fingerprint density at radius 3 is 2.49 bits per heavy atom. The van der Waals surface area contributed by atoms with Crippen LogP contribution in [0.25, 0.3) is 6.08 Å². The van der Waals surface area contributed by atoms with Gasteiger partial charge in [0.15, 0.2) is 16.3 Å². The van der Waals surface area contributed by atoms with Gasteiger partial charge in [-0.3, -0.25) is 9.36 Å². The topological polar surface area (TPSA) is 79.1 Å². The maximum Gasteiger partial charge on any atom is 0.338 e. The number of ether oxygens (including phenoxy) is 3. The molecule has 2 aromatic carbocycles. The second kappa shape index (κ2) is 10.5. The Morgan fingerprint density at radius 1 is 1.14 bits per heavy atom. The summed E-state index contributed by atoms with van der Waals surface area (Å²) in [4.78, 5) is 33.0. The molecule has 1 aromatic heterocycles. The van der Waals surface area contributed by atoms with E-state index in [1.54, 1.807) is 56.5 Å². The molecule has 35 heavy (non-hydrogen) atoms. The third-order valence-corrected chi connectivity index (χ3v) is 7.38. The number of methoxy groups -OCH3 is 2. The van der Waals surface area contributed by atoms with Gasteiger partial charge in [-0.1, -0.05) is 29.5 Å². The van der Waals surface area contributed by atoms with E-state index in [2.05, 4.69) is 4.99 Å². The number of carbonyl (C=O) groups excluding carboxylic acids is 1. The molecule has 1 atom stereocenters.